The molecule has 1 aliphatic heterocycles. The van der Waals surface area contributed by atoms with Gasteiger partial charge in [-0.05, 0) is 18.6 Å². The minimum absolute atomic E-state index is 0.0925. The number of hydrogen-bond acceptors (Lipinski definition) is 4. The summed E-state index contributed by atoms with van der Waals surface area (Å²) in [6.45, 7) is 2.71. The number of carboxylic acids is 1. The predicted molar refractivity (Wildman–Crippen MR) is 71.2 cm³/mol. The number of carbonyl (C=O) groups is 2. The van der Waals surface area contributed by atoms with Crippen molar-refractivity contribution in [2.45, 2.75) is 13.3 Å². The van der Waals surface area contributed by atoms with Gasteiger partial charge in [0.2, 0.25) is 0 Å². The zero-order valence-electron chi connectivity index (χ0n) is 11.2. The van der Waals surface area contributed by atoms with E-state index in [1.54, 1.807) is 25.1 Å². The summed E-state index contributed by atoms with van der Waals surface area (Å²) in [5, 5.41) is 11.6. The molecule has 20 heavy (non-hydrogen) atoms. The van der Waals surface area contributed by atoms with Gasteiger partial charge in [0, 0.05) is 6.54 Å². The molecular weight excluding hydrogens is 262 g/mol. The van der Waals surface area contributed by atoms with Crippen LogP contribution in [0, 0.1) is 5.92 Å². The van der Waals surface area contributed by atoms with Crippen molar-refractivity contribution in [1.29, 1.82) is 0 Å². The standard InChI is InChI=1S/C14H17NO5/c1-2-9(14(17)18)8-15-13(16)10-4-3-5-11-12(10)20-7-6-19-11/h3-5,9H,2,6-8H2,1H3,(H,15,16)(H,17,18). The maximum atomic E-state index is 12.1. The molecule has 108 valence electrons. The van der Waals surface area contributed by atoms with E-state index in [1.165, 1.54) is 0 Å². The largest absolute Gasteiger partial charge is 0.486 e. The van der Waals surface area contributed by atoms with Gasteiger partial charge in [-0.1, -0.05) is 13.0 Å². The van der Waals surface area contributed by atoms with Gasteiger partial charge < -0.3 is 19.9 Å². The molecule has 1 amide bonds. The number of carboxylic acid groups (broad SMARTS) is 1. The van der Waals surface area contributed by atoms with Crippen molar-refractivity contribution in [2.24, 2.45) is 5.92 Å². The predicted octanol–water partition coefficient (Wildman–Crippen LogP) is 1.30. The fraction of sp³-hybridized carbons (Fsp3) is 0.429. The zero-order valence-corrected chi connectivity index (χ0v) is 11.2. The lowest BCUT2D eigenvalue weighted by atomic mass is 10.1. The molecule has 0 aliphatic carbocycles. The van der Waals surface area contributed by atoms with Crippen molar-refractivity contribution >= 4 is 11.9 Å². The molecule has 1 aromatic carbocycles. The summed E-state index contributed by atoms with van der Waals surface area (Å²) in [5.41, 5.74) is 0.363. The van der Waals surface area contributed by atoms with Crippen LogP contribution in [0.2, 0.25) is 0 Å². The smallest absolute Gasteiger partial charge is 0.308 e. The third-order valence-corrected chi connectivity index (χ3v) is 3.16. The molecule has 1 aromatic rings. The molecule has 1 unspecified atom stereocenters. The highest BCUT2D eigenvalue weighted by atomic mass is 16.6. The van der Waals surface area contributed by atoms with Gasteiger partial charge in [-0.15, -0.1) is 0 Å². The highest BCUT2D eigenvalue weighted by molar-refractivity contribution is 5.98. The number of fused-ring (bicyclic) bond motifs is 1. The summed E-state index contributed by atoms with van der Waals surface area (Å²) in [6.07, 6.45) is 0.460. The molecule has 0 radical (unpaired) electrons. The Kier molecular flexibility index (Phi) is 4.45. The Morgan fingerprint density at radius 3 is 2.80 bits per heavy atom. The van der Waals surface area contributed by atoms with E-state index in [-0.39, 0.29) is 12.5 Å². The first kappa shape index (κ1) is 14.2. The summed E-state index contributed by atoms with van der Waals surface area (Å²) in [7, 11) is 0. The van der Waals surface area contributed by atoms with E-state index in [1.807, 2.05) is 0 Å². The Bertz CT molecular complexity index is 514. The van der Waals surface area contributed by atoms with Crippen LogP contribution in [-0.4, -0.2) is 36.7 Å². The second-order valence-corrected chi connectivity index (χ2v) is 4.48. The molecule has 6 heteroatoms. The zero-order chi connectivity index (χ0) is 14.5. The second kappa shape index (κ2) is 6.27. The molecule has 0 spiro atoms. The van der Waals surface area contributed by atoms with Crippen molar-refractivity contribution in [2.75, 3.05) is 19.8 Å². The van der Waals surface area contributed by atoms with Crippen LogP contribution < -0.4 is 14.8 Å². The first-order chi connectivity index (χ1) is 9.63. The second-order valence-electron chi connectivity index (χ2n) is 4.48. The van der Waals surface area contributed by atoms with Crippen molar-refractivity contribution in [3.63, 3.8) is 0 Å². The number of nitrogens with one attached hydrogen (secondary N) is 1. The number of benzene rings is 1. The van der Waals surface area contributed by atoms with E-state index < -0.39 is 11.9 Å². The molecule has 1 atom stereocenters. The number of rotatable bonds is 5. The number of carbonyl (C=O) groups excluding carboxylic acids is 1. The lowest BCUT2D eigenvalue weighted by Gasteiger charge is -2.20. The first-order valence-electron chi connectivity index (χ1n) is 6.53. The molecule has 6 nitrogen and oxygen atoms in total. The van der Waals surface area contributed by atoms with Crippen LogP contribution in [0.3, 0.4) is 0 Å². The molecule has 0 fully saturated rings. The van der Waals surface area contributed by atoms with Crippen molar-refractivity contribution in [1.82, 2.24) is 5.32 Å². The molecule has 0 saturated carbocycles. The van der Waals surface area contributed by atoms with E-state index in [2.05, 4.69) is 5.32 Å². The van der Waals surface area contributed by atoms with Gasteiger partial charge in [0.25, 0.3) is 5.91 Å². The first-order valence-corrected chi connectivity index (χ1v) is 6.53. The van der Waals surface area contributed by atoms with Crippen LogP contribution in [0.4, 0.5) is 0 Å². The van der Waals surface area contributed by atoms with Crippen molar-refractivity contribution < 1.29 is 24.2 Å². The van der Waals surface area contributed by atoms with Crippen LogP contribution in [0.1, 0.15) is 23.7 Å². The molecule has 2 N–H and O–H groups in total. The van der Waals surface area contributed by atoms with Gasteiger partial charge in [-0.2, -0.15) is 0 Å². The Morgan fingerprint density at radius 2 is 2.10 bits per heavy atom. The van der Waals surface area contributed by atoms with Crippen LogP contribution in [0.15, 0.2) is 18.2 Å². The van der Waals surface area contributed by atoms with Crippen LogP contribution in [-0.2, 0) is 4.79 Å². The fourth-order valence-corrected chi connectivity index (χ4v) is 1.97. The minimum Gasteiger partial charge on any atom is -0.486 e. The highest BCUT2D eigenvalue weighted by Gasteiger charge is 2.22. The third kappa shape index (κ3) is 3.01. The SMILES string of the molecule is CCC(CNC(=O)c1cccc2c1OCCO2)C(=O)O. The van der Waals surface area contributed by atoms with E-state index in [0.29, 0.717) is 36.7 Å². The molecular formula is C14H17NO5. The average molecular weight is 279 g/mol. The van der Waals surface area contributed by atoms with Crippen LogP contribution in [0.5, 0.6) is 11.5 Å². The number of hydrogen-bond donors (Lipinski definition) is 2. The topological polar surface area (TPSA) is 84.9 Å². The van der Waals surface area contributed by atoms with E-state index in [4.69, 9.17) is 14.6 Å². The van der Waals surface area contributed by atoms with E-state index >= 15 is 0 Å². The molecule has 1 aliphatic rings. The molecule has 0 saturated heterocycles. The normalized spacial score (nSPS) is 14.4. The van der Waals surface area contributed by atoms with Gasteiger partial charge >= 0.3 is 5.97 Å². The number of amides is 1. The van der Waals surface area contributed by atoms with E-state index in [0.717, 1.165) is 0 Å². The summed E-state index contributed by atoms with van der Waals surface area (Å²) in [4.78, 5) is 23.0. The van der Waals surface area contributed by atoms with Crippen molar-refractivity contribution in [3.05, 3.63) is 23.8 Å². The number of ether oxygens (including phenoxy) is 2. The Balaban J connectivity index is 2.08. The van der Waals surface area contributed by atoms with Gasteiger partial charge in [0.1, 0.15) is 13.2 Å². The summed E-state index contributed by atoms with van der Waals surface area (Å²) in [5.74, 6) is -0.904. The van der Waals surface area contributed by atoms with Gasteiger partial charge in [-0.25, -0.2) is 0 Å². The molecule has 2 rings (SSSR count). The lowest BCUT2D eigenvalue weighted by Crippen LogP contribution is -2.33. The van der Waals surface area contributed by atoms with Gasteiger partial charge in [0.05, 0.1) is 11.5 Å². The minimum atomic E-state index is -0.914. The monoisotopic (exact) mass is 279 g/mol. The summed E-state index contributed by atoms with van der Waals surface area (Å²) < 4.78 is 10.9. The third-order valence-electron chi connectivity index (χ3n) is 3.16. The highest BCUT2D eigenvalue weighted by Crippen LogP contribution is 2.33. The summed E-state index contributed by atoms with van der Waals surface area (Å²) in [6, 6.07) is 5.07. The molecule has 1 heterocycles. The van der Waals surface area contributed by atoms with E-state index in [9.17, 15) is 9.59 Å². The molecule has 0 bridgehead atoms. The van der Waals surface area contributed by atoms with Gasteiger partial charge in [0.15, 0.2) is 11.5 Å². The average Bonchev–Trinajstić information content (AvgIpc) is 2.46. The Hall–Kier alpha value is -2.24. The maximum absolute atomic E-state index is 12.1. The maximum Gasteiger partial charge on any atom is 0.308 e. The Labute approximate surface area is 116 Å². The fourth-order valence-electron chi connectivity index (χ4n) is 1.97. The van der Waals surface area contributed by atoms with Crippen LogP contribution in [0.25, 0.3) is 0 Å². The summed E-state index contributed by atoms with van der Waals surface area (Å²) >= 11 is 0. The van der Waals surface area contributed by atoms with Gasteiger partial charge in [-0.3, -0.25) is 9.59 Å². The Morgan fingerprint density at radius 1 is 1.35 bits per heavy atom. The van der Waals surface area contributed by atoms with Crippen molar-refractivity contribution in [3.8, 4) is 11.5 Å². The number of para-hydroxylation sites is 1. The molecule has 0 aromatic heterocycles. The quantitative estimate of drug-likeness (QED) is 0.848. The van der Waals surface area contributed by atoms with Crippen LogP contribution >= 0.6 is 0 Å². The lowest BCUT2D eigenvalue weighted by molar-refractivity contribution is -0.141. The number of aliphatic carboxylic acids is 1.